The van der Waals surface area contributed by atoms with Gasteiger partial charge in [0.05, 0.1) is 0 Å². The van der Waals surface area contributed by atoms with E-state index >= 15 is 0 Å². The summed E-state index contributed by atoms with van der Waals surface area (Å²) in [5.41, 5.74) is 0. The molecule has 0 saturated heterocycles. The largest absolute Gasteiger partial charge is 0.451 e. The first-order valence-electron chi connectivity index (χ1n) is 3.31. The summed E-state index contributed by atoms with van der Waals surface area (Å²) in [6.45, 7) is 1.84. The summed E-state index contributed by atoms with van der Waals surface area (Å²) in [4.78, 5) is 9.19. The molecule has 0 fully saturated rings. The van der Waals surface area contributed by atoms with Crippen LogP contribution >= 0.6 is 31.9 Å². The number of Topliss-reactive ketones (excluding diaryl/α,β-unsaturated/α-hetero) is 1. The van der Waals surface area contributed by atoms with Crippen LogP contribution in [0.2, 0.25) is 0 Å². The predicted molar refractivity (Wildman–Crippen MR) is 48.1 cm³/mol. The SMILES string of the molecule is CCO[C@@H](Br)[C@@H](Br)C(=O)C(F)(F)F. The lowest BCUT2D eigenvalue weighted by Gasteiger charge is -2.16. The topological polar surface area (TPSA) is 26.3 Å². The van der Waals surface area contributed by atoms with Crippen LogP contribution in [-0.2, 0) is 9.53 Å². The maximum atomic E-state index is 11.8. The Kier molecular flexibility index (Phi) is 5.46. The molecule has 0 unspecified atom stereocenters. The number of alkyl halides is 5. The Labute approximate surface area is 90.1 Å². The van der Waals surface area contributed by atoms with Crippen LogP contribution < -0.4 is 0 Å². The molecule has 0 spiro atoms. The van der Waals surface area contributed by atoms with Crippen molar-refractivity contribution in [2.45, 2.75) is 22.9 Å². The normalized spacial score (nSPS) is 16.8. The molecule has 0 aliphatic carbocycles. The highest BCUT2D eigenvalue weighted by Crippen LogP contribution is 2.26. The van der Waals surface area contributed by atoms with Crippen LogP contribution in [0.4, 0.5) is 13.2 Å². The molecular weight excluding hydrogens is 321 g/mol. The Balaban J connectivity index is 4.26. The third-order valence-corrected chi connectivity index (χ3v) is 3.48. The molecular formula is C6H7Br2F3O2. The van der Waals surface area contributed by atoms with Gasteiger partial charge in [-0.2, -0.15) is 13.2 Å². The van der Waals surface area contributed by atoms with Crippen molar-refractivity contribution in [3.05, 3.63) is 0 Å². The highest BCUT2D eigenvalue weighted by atomic mass is 79.9. The fourth-order valence-electron chi connectivity index (χ4n) is 0.519. The third-order valence-electron chi connectivity index (χ3n) is 1.09. The molecule has 0 N–H and O–H groups in total. The standard InChI is InChI=1S/C6H7Br2F3O2/c1-2-13-5(8)3(7)4(12)6(9,10)11/h3,5H,2H2,1H3/t3-,5+/m0/s1. The Hall–Kier alpha value is 0.380. The maximum absolute atomic E-state index is 11.8. The zero-order valence-corrected chi connectivity index (χ0v) is 9.74. The number of ketones is 1. The van der Waals surface area contributed by atoms with E-state index in [0.29, 0.717) is 0 Å². The molecule has 0 radical (unpaired) electrons. The molecule has 0 aliphatic heterocycles. The van der Waals surface area contributed by atoms with Crippen LogP contribution in [0.3, 0.4) is 0 Å². The molecule has 0 aromatic rings. The van der Waals surface area contributed by atoms with Gasteiger partial charge in [0, 0.05) is 6.61 Å². The number of carbonyl (C=O) groups is 1. The lowest BCUT2D eigenvalue weighted by atomic mass is 10.3. The van der Waals surface area contributed by atoms with Crippen molar-refractivity contribution in [3.63, 3.8) is 0 Å². The average Bonchev–Trinajstić information content (AvgIpc) is 2.00. The van der Waals surface area contributed by atoms with Crippen LogP contribution in [0.1, 0.15) is 6.92 Å². The van der Waals surface area contributed by atoms with Gasteiger partial charge in [-0.3, -0.25) is 4.79 Å². The van der Waals surface area contributed by atoms with Crippen LogP contribution in [0.25, 0.3) is 0 Å². The van der Waals surface area contributed by atoms with Crippen molar-refractivity contribution in [2.75, 3.05) is 6.61 Å². The van der Waals surface area contributed by atoms with E-state index in [1.54, 1.807) is 6.92 Å². The van der Waals surface area contributed by atoms with Gasteiger partial charge in [-0.1, -0.05) is 31.9 Å². The molecule has 2 nitrogen and oxygen atoms in total. The fraction of sp³-hybridized carbons (Fsp3) is 0.833. The molecule has 0 aliphatic rings. The van der Waals surface area contributed by atoms with E-state index < -0.39 is 21.8 Å². The first kappa shape index (κ1) is 13.4. The van der Waals surface area contributed by atoms with Crippen LogP contribution in [-0.4, -0.2) is 28.4 Å². The molecule has 13 heavy (non-hydrogen) atoms. The lowest BCUT2D eigenvalue weighted by Crippen LogP contribution is -2.36. The van der Waals surface area contributed by atoms with Crippen LogP contribution in [0.15, 0.2) is 0 Å². The number of carbonyl (C=O) groups excluding carboxylic acids is 1. The van der Waals surface area contributed by atoms with E-state index in [1.807, 2.05) is 0 Å². The van der Waals surface area contributed by atoms with E-state index in [1.165, 1.54) is 0 Å². The molecule has 0 aromatic heterocycles. The molecule has 0 heterocycles. The van der Waals surface area contributed by atoms with E-state index in [4.69, 9.17) is 4.74 Å². The number of halogens is 5. The summed E-state index contributed by atoms with van der Waals surface area (Å²) in [6, 6.07) is 0. The van der Waals surface area contributed by atoms with Gasteiger partial charge >= 0.3 is 6.18 Å². The quantitative estimate of drug-likeness (QED) is 0.742. The molecule has 0 amide bonds. The minimum Gasteiger partial charge on any atom is -0.366 e. The van der Waals surface area contributed by atoms with Crippen molar-refractivity contribution in [2.24, 2.45) is 0 Å². The van der Waals surface area contributed by atoms with Crippen molar-refractivity contribution >= 4 is 37.6 Å². The smallest absolute Gasteiger partial charge is 0.366 e. The van der Waals surface area contributed by atoms with E-state index in [9.17, 15) is 18.0 Å². The third kappa shape index (κ3) is 4.42. The predicted octanol–water partition coefficient (Wildman–Crippen LogP) is 2.64. The second-order valence-electron chi connectivity index (χ2n) is 2.07. The summed E-state index contributed by atoms with van der Waals surface area (Å²) in [7, 11) is 0. The van der Waals surface area contributed by atoms with Gasteiger partial charge in [0.1, 0.15) is 9.84 Å². The van der Waals surface area contributed by atoms with Crippen molar-refractivity contribution in [3.8, 4) is 0 Å². The number of rotatable bonds is 4. The highest BCUT2D eigenvalue weighted by molar-refractivity contribution is 9.12. The zero-order chi connectivity index (χ0) is 10.6. The van der Waals surface area contributed by atoms with Gasteiger partial charge in [0.25, 0.3) is 5.78 Å². The molecule has 0 bridgehead atoms. The Morgan fingerprint density at radius 1 is 1.46 bits per heavy atom. The van der Waals surface area contributed by atoms with E-state index in [-0.39, 0.29) is 6.61 Å². The zero-order valence-electron chi connectivity index (χ0n) is 6.57. The van der Waals surface area contributed by atoms with E-state index in [2.05, 4.69) is 31.9 Å². The van der Waals surface area contributed by atoms with Gasteiger partial charge in [-0.25, -0.2) is 0 Å². The van der Waals surface area contributed by atoms with Crippen molar-refractivity contribution < 1.29 is 22.7 Å². The summed E-state index contributed by atoms with van der Waals surface area (Å²) in [6.07, 6.45) is -4.84. The monoisotopic (exact) mass is 326 g/mol. The van der Waals surface area contributed by atoms with Crippen LogP contribution in [0, 0.1) is 0 Å². The molecule has 0 rings (SSSR count). The van der Waals surface area contributed by atoms with Gasteiger partial charge in [0.2, 0.25) is 0 Å². The van der Waals surface area contributed by atoms with Gasteiger partial charge in [0.15, 0.2) is 0 Å². The highest BCUT2D eigenvalue weighted by Gasteiger charge is 2.44. The van der Waals surface area contributed by atoms with Gasteiger partial charge < -0.3 is 4.74 Å². The first-order valence-corrected chi connectivity index (χ1v) is 5.14. The fourth-order valence-corrected chi connectivity index (χ4v) is 1.44. The summed E-state index contributed by atoms with van der Waals surface area (Å²) >= 11 is 5.41. The van der Waals surface area contributed by atoms with E-state index in [0.717, 1.165) is 0 Å². The molecule has 0 aromatic carbocycles. The maximum Gasteiger partial charge on any atom is 0.451 e. The summed E-state index contributed by atoms with van der Waals surface area (Å²) in [5, 5.41) is -0.966. The summed E-state index contributed by atoms with van der Waals surface area (Å²) < 4.78 is 40.3. The Bertz CT molecular complexity index is 183. The average molecular weight is 328 g/mol. The first-order chi connectivity index (χ1) is 5.80. The Morgan fingerprint density at radius 2 is 1.92 bits per heavy atom. The molecule has 78 valence electrons. The molecule has 2 atom stereocenters. The molecule has 0 saturated carbocycles. The lowest BCUT2D eigenvalue weighted by molar-refractivity contribution is -0.171. The number of hydrogen-bond donors (Lipinski definition) is 0. The van der Waals surface area contributed by atoms with Gasteiger partial charge in [-0.05, 0) is 6.92 Å². The van der Waals surface area contributed by atoms with Crippen LogP contribution in [0.5, 0.6) is 0 Å². The Morgan fingerprint density at radius 3 is 2.23 bits per heavy atom. The second-order valence-corrected chi connectivity index (χ2v) is 3.96. The minimum absolute atomic E-state index is 0.225. The second kappa shape index (κ2) is 5.31. The van der Waals surface area contributed by atoms with Crippen molar-refractivity contribution in [1.82, 2.24) is 0 Å². The minimum atomic E-state index is -4.84. The molecule has 7 heteroatoms. The van der Waals surface area contributed by atoms with Crippen molar-refractivity contribution in [1.29, 1.82) is 0 Å². The number of hydrogen-bond acceptors (Lipinski definition) is 2. The summed E-state index contributed by atoms with van der Waals surface area (Å²) in [5.74, 6) is -1.86. The van der Waals surface area contributed by atoms with Gasteiger partial charge in [-0.15, -0.1) is 0 Å². The number of ether oxygens (including phenoxy) is 1.